The molecule has 1 N–H and O–H groups in total. The summed E-state index contributed by atoms with van der Waals surface area (Å²) in [6, 6.07) is 14.9. The highest BCUT2D eigenvalue weighted by molar-refractivity contribution is 7.91. The van der Waals surface area contributed by atoms with Crippen LogP contribution in [0.15, 0.2) is 67.3 Å². The van der Waals surface area contributed by atoms with Crippen molar-refractivity contribution in [1.82, 2.24) is 19.9 Å². The van der Waals surface area contributed by atoms with Gasteiger partial charge in [-0.1, -0.05) is 37.6 Å². The molecule has 0 aliphatic rings. The van der Waals surface area contributed by atoms with Gasteiger partial charge < -0.3 is 9.47 Å². The molecule has 0 radical (unpaired) electrons. The lowest BCUT2D eigenvalue weighted by atomic mass is 9.77. The van der Waals surface area contributed by atoms with Gasteiger partial charge in [-0.2, -0.15) is 5.26 Å². The van der Waals surface area contributed by atoms with E-state index in [1.54, 1.807) is 36.8 Å². The van der Waals surface area contributed by atoms with Crippen molar-refractivity contribution < 1.29 is 17.9 Å². The van der Waals surface area contributed by atoms with Gasteiger partial charge in [-0.25, -0.2) is 18.4 Å². The van der Waals surface area contributed by atoms with Crippen molar-refractivity contribution in [1.29, 1.82) is 5.26 Å². The first-order chi connectivity index (χ1) is 18.5. The molecule has 0 spiro atoms. The van der Waals surface area contributed by atoms with Crippen LogP contribution in [0.3, 0.4) is 0 Å². The van der Waals surface area contributed by atoms with Crippen LogP contribution >= 0.6 is 11.6 Å². The van der Waals surface area contributed by atoms with Crippen molar-refractivity contribution >= 4 is 27.6 Å². The first-order valence-electron chi connectivity index (χ1n) is 11.7. The molecule has 0 unspecified atom stereocenters. The SMILES string of the molecule is CC(C)(c1ccc(OCc2ccnc(NS(C)(=O)=O)n2)cc1)c1cc(Cl)c(OCc2cnccn2)c(C#N)c1. The standard InChI is InChI=1S/C27H25ClN6O4S/c1-27(2,20-12-18(14-29)25(24(28)13-20)38-17-22-15-30-10-11-31-22)19-4-6-23(7-5-19)37-16-21-8-9-32-26(33-21)34-39(3,35)36/h4-13,15H,16-17H2,1-3H3,(H,32,33,34). The second-order valence-corrected chi connectivity index (χ2v) is 11.3. The molecule has 0 bridgehead atoms. The van der Waals surface area contributed by atoms with Crippen LogP contribution in [0.1, 0.15) is 41.9 Å². The Morgan fingerprint density at radius 2 is 1.72 bits per heavy atom. The van der Waals surface area contributed by atoms with Crippen molar-refractivity contribution in [3.05, 3.63) is 100 Å². The summed E-state index contributed by atoms with van der Waals surface area (Å²) in [5.74, 6) is 0.887. The number of hydrogen-bond donors (Lipinski definition) is 1. The molecular weight excluding hydrogens is 540 g/mol. The maximum Gasteiger partial charge on any atom is 0.236 e. The van der Waals surface area contributed by atoms with Gasteiger partial charge in [-0.3, -0.25) is 14.7 Å². The summed E-state index contributed by atoms with van der Waals surface area (Å²) in [7, 11) is -3.48. The first-order valence-corrected chi connectivity index (χ1v) is 14.0. The third-order valence-electron chi connectivity index (χ3n) is 5.82. The van der Waals surface area contributed by atoms with Crippen LogP contribution in [0, 0.1) is 11.3 Å². The molecule has 0 aliphatic carbocycles. The van der Waals surface area contributed by atoms with Gasteiger partial charge in [0, 0.05) is 24.0 Å². The number of nitriles is 1. The highest BCUT2D eigenvalue weighted by atomic mass is 35.5. The number of ether oxygens (including phenoxy) is 2. The Morgan fingerprint density at radius 3 is 2.38 bits per heavy atom. The van der Waals surface area contributed by atoms with Crippen LogP contribution in [-0.4, -0.2) is 34.6 Å². The summed E-state index contributed by atoms with van der Waals surface area (Å²) in [5.41, 5.74) is 2.79. The van der Waals surface area contributed by atoms with Crippen molar-refractivity contribution in [3.63, 3.8) is 0 Å². The van der Waals surface area contributed by atoms with Crippen molar-refractivity contribution in [2.75, 3.05) is 11.0 Å². The molecule has 0 fully saturated rings. The van der Waals surface area contributed by atoms with Crippen LogP contribution < -0.4 is 14.2 Å². The third-order valence-corrected chi connectivity index (χ3v) is 6.65. The van der Waals surface area contributed by atoms with E-state index in [4.69, 9.17) is 21.1 Å². The molecule has 39 heavy (non-hydrogen) atoms. The average Bonchev–Trinajstić information content (AvgIpc) is 2.91. The maximum absolute atomic E-state index is 11.4. The lowest BCUT2D eigenvalue weighted by Crippen LogP contribution is -2.19. The zero-order valence-corrected chi connectivity index (χ0v) is 23.0. The van der Waals surface area contributed by atoms with E-state index < -0.39 is 15.4 Å². The van der Waals surface area contributed by atoms with E-state index in [1.807, 2.05) is 38.1 Å². The average molecular weight is 565 g/mol. The van der Waals surface area contributed by atoms with E-state index in [1.165, 1.54) is 6.20 Å². The topological polar surface area (TPSA) is 140 Å². The first kappa shape index (κ1) is 27.8. The monoisotopic (exact) mass is 564 g/mol. The predicted octanol–water partition coefficient (Wildman–Crippen LogP) is 4.65. The highest BCUT2D eigenvalue weighted by Gasteiger charge is 2.26. The maximum atomic E-state index is 11.4. The predicted molar refractivity (Wildman–Crippen MR) is 146 cm³/mol. The van der Waals surface area contributed by atoms with Crippen LogP contribution in [0.2, 0.25) is 5.02 Å². The summed E-state index contributed by atoms with van der Waals surface area (Å²) in [6.07, 6.45) is 7.21. The number of halogens is 1. The van der Waals surface area contributed by atoms with E-state index in [-0.39, 0.29) is 19.2 Å². The fraction of sp³-hybridized carbons (Fsp3) is 0.222. The van der Waals surface area contributed by atoms with Gasteiger partial charge >= 0.3 is 0 Å². The molecular formula is C27H25ClN6O4S. The van der Waals surface area contributed by atoms with Crippen LogP contribution in [-0.2, 0) is 28.7 Å². The minimum absolute atomic E-state index is 0.0174. The van der Waals surface area contributed by atoms with Crippen LogP contribution in [0.25, 0.3) is 0 Å². The second-order valence-electron chi connectivity index (χ2n) is 9.12. The quantitative estimate of drug-likeness (QED) is 0.291. The zero-order chi connectivity index (χ0) is 28.0. The van der Waals surface area contributed by atoms with Gasteiger partial charge in [-0.15, -0.1) is 0 Å². The normalized spacial score (nSPS) is 11.5. The Kier molecular flexibility index (Phi) is 8.28. The second kappa shape index (κ2) is 11.6. The molecule has 4 rings (SSSR count). The molecule has 200 valence electrons. The van der Waals surface area contributed by atoms with Gasteiger partial charge in [0.05, 0.1) is 34.4 Å². The van der Waals surface area contributed by atoms with E-state index in [0.717, 1.165) is 17.4 Å². The van der Waals surface area contributed by atoms with E-state index >= 15 is 0 Å². The van der Waals surface area contributed by atoms with E-state index in [2.05, 4.69) is 30.7 Å². The van der Waals surface area contributed by atoms with Gasteiger partial charge in [0.25, 0.3) is 0 Å². The molecule has 2 aromatic carbocycles. The summed E-state index contributed by atoms with van der Waals surface area (Å²) in [6.45, 7) is 4.33. The number of benzene rings is 2. The number of rotatable bonds is 10. The molecule has 0 aliphatic heterocycles. The molecule has 2 aromatic heterocycles. The minimum atomic E-state index is -3.48. The molecule has 0 amide bonds. The molecule has 4 aromatic rings. The third kappa shape index (κ3) is 7.19. The lowest BCUT2D eigenvalue weighted by molar-refractivity contribution is 0.300. The smallest absolute Gasteiger partial charge is 0.236 e. The summed E-state index contributed by atoms with van der Waals surface area (Å²) >= 11 is 6.56. The molecule has 0 saturated heterocycles. The zero-order valence-electron chi connectivity index (χ0n) is 21.4. The highest BCUT2D eigenvalue weighted by Crippen LogP contribution is 2.38. The van der Waals surface area contributed by atoms with Crippen molar-refractivity contribution in [3.8, 4) is 17.6 Å². The summed E-state index contributed by atoms with van der Waals surface area (Å²) < 4.78 is 36.7. The molecule has 10 nitrogen and oxygen atoms in total. The van der Waals surface area contributed by atoms with Crippen molar-refractivity contribution in [2.45, 2.75) is 32.5 Å². The summed E-state index contributed by atoms with van der Waals surface area (Å²) in [5, 5.41) is 10.1. The number of aromatic nitrogens is 4. The number of nitrogens with one attached hydrogen (secondary N) is 1. The summed E-state index contributed by atoms with van der Waals surface area (Å²) in [4.78, 5) is 16.2. The van der Waals surface area contributed by atoms with Gasteiger partial charge in [0.15, 0.2) is 5.75 Å². The largest absolute Gasteiger partial charge is 0.487 e. The van der Waals surface area contributed by atoms with Crippen LogP contribution in [0.4, 0.5) is 5.95 Å². The van der Waals surface area contributed by atoms with E-state index in [0.29, 0.717) is 33.5 Å². The Bertz CT molecular complexity index is 1610. The number of anilines is 1. The Labute approximate surface area is 231 Å². The number of sulfonamides is 1. The fourth-order valence-corrected chi connectivity index (χ4v) is 4.42. The van der Waals surface area contributed by atoms with E-state index in [9.17, 15) is 13.7 Å². The van der Waals surface area contributed by atoms with Crippen molar-refractivity contribution in [2.24, 2.45) is 0 Å². The van der Waals surface area contributed by atoms with Gasteiger partial charge in [0.2, 0.25) is 16.0 Å². The van der Waals surface area contributed by atoms with Crippen LogP contribution in [0.5, 0.6) is 11.5 Å². The Balaban J connectivity index is 1.47. The van der Waals surface area contributed by atoms with Gasteiger partial charge in [0.1, 0.15) is 25.0 Å². The molecule has 12 heteroatoms. The fourth-order valence-electron chi connectivity index (χ4n) is 3.72. The molecule has 2 heterocycles. The number of nitrogens with zero attached hydrogens (tertiary/aromatic N) is 5. The van der Waals surface area contributed by atoms with Gasteiger partial charge in [-0.05, 0) is 41.5 Å². The Hall–Kier alpha value is -4.27. The minimum Gasteiger partial charge on any atom is -0.487 e. The molecule has 0 saturated carbocycles. The number of hydrogen-bond acceptors (Lipinski definition) is 9. The Morgan fingerprint density at radius 1 is 0.974 bits per heavy atom. The molecule has 0 atom stereocenters. The lowest BCUT2D eigenvalue weighted by Gasteiger charge is -2.27.